The van der Waals surface area contributed by atoms with E-state index in [2.05, 4.69) is 4.90 Å². The van der Waals surface area contributed by atoms with Crippen LogP contribution in [0.2, 0.25) is 0 Å². The van der Waals surface area contributed by atoms with Crippen LogP contribution in [0.3, 0.4) is 0 Å². The van der Waals surface area contributed by atoms with Gasteiger partial charge in [0.15, 0.2) is 0 Å². The topological polar surface area (TPSA) is 82.4 Å². The Labute approximate surface area is 158 Å². The van der Waals surface area contributed by atoms with Crippen LogP contribution in [-0.2, 0) is 15.1 Å². The highest BCUT2D eigenvalue weighted by Gasteiger charge is 2.69. The van der Waals surface area contributed by atoms with Crippen LogP contribution < -0.4 is 0 Å². The smallest absolute Gasteiger partial charge is 0.319 e. The number of fused-ring (bicyclic) bond motifs is 4. The van der Waals surface area contributed by atoms with Crippen molar-refractivity contribution in [3.05, 3.63) is 29.8 Å². The lowest BCUT2D eigenvalue weighted by molar-refractivity contribution is -0.168. The van der Waals surface area contributed by atoms with Gasteiger partial charge in [-0.1, -0.05) is 18.2 Å². The molecule has 2 unspecified atom stereocenters. The summed E-state index contributed by atoms with van der Waals surface area (Å²) in [5.74, 6) is -0.0905. The molecular formula is C21H26N2O4. The molecule has 3 saturated heterocycles. The molecule has 5 aliphatic rings. The first-order chi connectivity index (χ1) is 12.9. The maximum absolute atomic E-state index is 13.3. The molecule has 144 valence electrons. The van der Waals surface area contributed by atoms with Crippen molar-refractivity contribution in [2.24, 2.45) is 22.2 Å². The molecule has 4 bridgehead atoms. The SMILES string of the molecule is COC(=O)[C@@]12C[C@@H]3CC([C@H](C)O)[C@@H]1N(CC[C@]1(O)C2=Nc2ccccc21)C3. The summed E-state index contributed by atoms with van der Waals surface area (Å²) in [6.07, 6.45) is 1.49. The van der Waals surface area contributed by atoms with Gasteiger partial charge < -0.3 is 14.9 Å². The van der Waals surface area contributed by atoms with E-state index in [0.717, 1.165) is 24.2 Å². The summed E-state index contributed by atoms with van der Waals surface area (Å²) in [4.78, 5) is 20.5. The van der Waals surface area contributed by atoms with Crippen molar-refractivity contribution < 1.29 is 19.7 Å². The van der Waals surface area contributed by atoms with Crippen LogP contribution in [0.1, 0.15) is 31.7 Å². The zero-order valence-electron chi connectivity index (χ0n) is 15.8. The highest BCUT2D eigenvalue weighted by Crippen LogP contribution is 2.59. The third-order valence-electron chi connectivity index (χ3n) is 7.34. The Morgan fingerprint density at radius 2 is 2.19 bits per heavy atom. The van der Waals surface area contributed by atoms with Gasteiger partial charge in [-0.15, -0.1) is 0 Å². The molecule has 0 amide bonds. The molecule has 27 heavy (non-hydrogen) atoms. The molecular weight excluding hydrogens is 344 g/mol. The number of hydrogen-bond acceptors (Lipinski definition) is 6. The summed E-state index contributed by atoms with van der Waals surface area (Å²) in [5.41, 5.74) is -0.219. The van der Waals surface area contributed by atoms with Crippen LogP contribution in [0.15, 0.2) is 29.3 Å². The maximum Gasteiger partial charge on any atom is 0.319 e. The average molecular weight is 370 g/mol. The number of esters is 1. The number of hydrogen-bond donors (Lipinski definition) is 2. The lowest BCUT2D eigenvalue weighted by atomic mass is 9.54. The second kappa shape index (κ2) is 5.63. The predicted molar refractivity (Wildman–Crippen MR) is 99.8 cm³/mol. The Morgan fingerprint density at radius 3 is 2.93 bits per heavy atom. The van der Waals surface area contributed by atoms with Gasteiger partial charge in [0.2, 0.25) is 0 Å². The largest absolute Gasteiger partial charge is 0.468 e. The van der Waals surface area contributed by atoms with E-state index in [1.54, 1.807) is 6.92 Å². The molecule has 7 atom stereocenters. The van der Waals surface area contributed by atoms with E-state index in [4.69, 9.17) is 9.73 Å². The molecule has 1 saturated carbocycles. The van der Waals surface area contributed by atoms with Crippen LogP contribution in [0.25, 0.3) is 0 Å². The number of carbonyl (C=O) groups is 1. The zero-order chi connectivity index (χ0) is 19.0. The standard InChI is InChI=1S/C21H26N2O4/c1-12(24)14-9-13-10-20(19(25)27-2)17(14)23(11-13)8-7-21(26)15-5-3-4-6-16(15)22-18(20)21/h3-6,12-14,17,24,26H,7-11H2,1-2H3/t12-,13-,14?,17-,20-,21+/m0/s1. The van der Waals surface area contributed by atoms with E-state index in [1.807, 2.05) is 24.3 Å². The van der Waals surface area contributed by atoms with Crippen molar-refractivity contribution in [3.63, 3.8) is 0 Å². The number of piperidine rings is 2. The zero-order valence-corrected chi connectivity index (χ0v) is 15.8. The van der Waals surface area contributed by atoms with E-state index in [1.165, 1.54) is 7.11 Å². The fourth-order valence-corrected chi connectivity index (χ4v) is 6.40. The van der Waals surface area contributed by atoms with Crippen molar-refractivity contribution in [2.45, 2.75) is 43.9 Å². The number of aliphatic hydroxyl groups excluding tert-OH is 1. The summed E-state index contributed by atoms with van der Waals surface area (Å²) in [7, 11) is 1.41. The van der Waals surface area contributed by atoms with E-state index in [9.17, 15) is 15.0 Å². The van der Waals surface area contributed by atoms with Gasteiger partial charge >= 0.3 is 5.97 Å². The van der Waals surface area contributed by atoms with Gasteiger partial charge in [0, 0.05) is 30.6 Å². The lowest BCUT2D eigenvalue weighted by Crippen LogP contribution is -2.69. The molecule has 4 fully saturated rings. The summed E-state index contributed by atoms with van der Waals surface area (Å²) in [6, 6.07) is 7.41. The van der Waals surface area contributed by atoms with Gasteiger partial charge in [-0.05, 0) is 38.2 Å². The van der Waals surface area contributed by atoms with Gasteiger partial charge in [-0.2, -0.15) is 0 Å². The minimum atomic E-state index is -1.26. The molecule has 0 radical (unpaired) electrons. The number of rotatable bonds is 2. The molecule has 4 heterocycles. The van der Waals surface area contributed by atoms with Crippen LogP contribution in [-0.4, -0.2) is 59.1 Å². The number of para-hydroxylation sites is 1. The number of methoxy groups -OCH3 is 1. The fraction of sp³-hybridized carbons (Fsp3) is 0.619. The quantitative estimate of drug-likeness (QED) is 0.773. The van der Waals surface area contributed by atoms with Gasteiger partial charge in [0.1, 0.15) is 11.0 Å². The number of aliphatic hydroxyl groups is 2. The van der Waals surface area contributed by atoms with E-state index in [0.29, 0.717) is 25.1 Å². The summed E-state index contributed by atoms with van der Waals surface area (Å²) in [6.45, 7) is 3.38. The number of nitrogens with zero attached hydrogens (tertiary/aromatic N) is 2. The Balaban J connectivity index is 1.76. The highest BCUT2D eigenvalue weighted by molar-refractivity contribution is 6.15. The molecule has 0 aromatic heterocycles. The molecule has 2 N–H and O–H groups in total. The third kappa shape index (κ3) is 2.06. The second-order valence-electron chi connectivity index (χ2n) is 8.70. The molecule has 6 rings (SSSR count). The van der Waals surface area contributed by atoms with Gasteiger partial charge in [0.25, 0.3) is 0 Å². The Morgan fingerprint density at radius 1 is 1.41 bits per heavy atom. The second-order valence-corrected chi connectivity index (χ2v) is 8.70. The summed E-state index contributed by atoms with van der Waals surface area (Å²) in [5, 5.41) is 22.3. The van der Waals surface area contributed by atoms with Crippen molar-refractivity contribution in [1.82, 2.24) is 4.90 Å². The first kappa shape index (κ1) is 17.3. The van der Waals surface area contributed by atoms with Crippen molar-refractivity contribution in [2.75, 3.05) is 20.2 Å². The van der Waals surface area contributed by atoms with Crippen LogP contribution in [0.4, 0.5) is 5.69 Å². The Kier molecular flexibility index (Phi) is 3.61. The minimum Gasteiger partial charge on any atom is -0.468 e. The summed E-state index contributed by atoms with van der Waals surface area (Å²) < 4.78 is 5.32. The van der Waals surface area contributed by atoms with Gasteiger partial charge in [0.05, 0.1) is 24.6 Å². The van der Waals surface area contributed by atoms with Crippen molar-refractivity contribution in [1.29, 1.82) is 0 Å². The Hall–Kier alpha value is -1.76. The molecule has 1 aromatic carbocycles. The highest BCUT2D eigenvalue weighted by atomic mass is 16.5. The fourth-order valence-electron chi connectivity index (χ4n) is 6.40. The third-order valence-corrected chi connectivity index (χ3v) is 7.34. The van der Waals surface area contributed by atoms with Crippen LogP contribution in [0, 0.1) is 17.3 Å². The Bertz CT molecular complexity index is 837. The number of carbonyl (C=O) groups excluding carboxylic acids is 1. The van der Waals surface area contributed by atoms with Crippen LogP contribution in [0.5, 0.6) is 0 Å². The molecule has 4 aliphatic heterocycles. The number of aliphatic imine (C=N–C) groups is 1. The number of ether oxygens (including phenoxy) is 1. The van der Waals surface area contributed by atoms with Crippen molar-refractivity contribution in [3.8, 4) is 0 Å². The maximum atomic E-state index is 13.3. The summed E-state index contributed by atoms with van der Waals surface area (Å²) >= 11 is 0. The minimum absolute atomic E-state index is 0.0367. The lowest BCUT2D eigenvalue weighted by Gasteiger charge is -2.58. The van der Waals surface area contributed by atoms with E-state index < -0.39 is 17.1 Å². The van der Waals surface area contributed by atoms with Crippen molar-refractivity contribution >= 4 is 17.4 Å². The van der Waals surface area contributed by atoms with Crippen LogP contribution >= 0.6 is 0 Å². The van der Waals surface area contributed by atoms with Gasteiger partial charge in [-0.25, -0.2) is 0 Å². The molecule has 6 heteroatoms. The van der Waals surface area contributed by atoms with E-state index >= 15 is 0 Å². The molecule has 1 aromatic rings. The first-order valence-electron chi connectivity index (χ1n) is 9.84. The van der Waals surface area contributed by atoms with Gasteiger partial charge in [-0.3, -0.25) is 14.7 Å². The molecule has 0 spiro atoms. The normalized spacial score (nSPS) is 42.6. The molecule has 1 aliphatic carbocycles. The average Bonchev–Trinajstić information content (AvgIpc) is 2.95. The predicted octanol–water partition coefficient (Wildman–Crippen LogP) is 1.61. The molecule has 6 nitrogen and oxygen atoms in total. The number of benzene rings is 1. The monoisotopic (exact) mass is 370 g/mol. The van der Waals surface area contributed by atoms with E-state index in [-0.39, 0.29) is 23.8 Å². The first-order valence-corrected chi connectivity index (χ1v) is 9.84.